The Hall–Kier alpha value is -2.61. The number of hydrogen-bond acceptors (Lipinski definition) is 5. The number of aliphatic hydroxyl groups is 1. The standard InChI is InChI=1S/C29H49N3O5/c1-19(2)21(18-33)31(11)25(35)22(27(3,4)5)30-24(34)23(32(12)26(36)37-28(6,7)8)29(9,10)20-16-14-13-15-17-20/h13-17,19,21-23,33H,18H2,1-12H3,(H,30,34)/t21?,22-,23?/m1/s1. The van der Waals surface area contributed by atoms with Crippen LogP contribution >= 0.6 is 0 Å². The summed E-state index contributed by atoms with van der Waals surface area (Å²) in [6.07, 6.45) is -0.632. The summed E-state index contributed by atoms with van der Waals surface area (Å²) >= 11 is 0. The lowest BCUT2D eigenvalue weighted by Gasteiger charge is -2.42. The summed E-state index contributed by atoms with van der Waals surface area (Å²) < 4.78 is 5.60. The molecule has 1 aromatic carbocycles. The molecule has 0 spiro atoms. The normalized spacial score (nSPS) is 15.0. The molecule has 0 bridgehead atoms. The third-order valence-corrected chi connectivity index (χ3v) is 6.72. The van der Waals surface area contributed by atoms with Crippen molar-refractivity contribution in [3.63, 3.8) is 0 Å². The first-order valence-corrected chi connectivity index (χ1v) is 12.9. The summed E-state index contributed by atoms with van der Waals surface area (Å²) in [5.74, 6) is -0.739. The van der Waals surface area contributed by atoms with E-state index in [1.807, 2.05) is 78.8 Å². The molecule has 8 heteroatoms. The number of rotatable bonds is 9. The number of nitrogens with one attached hydrogen (secondary N) is 1. The van der Waals surface area contributed by atoms with Gasteiger partial charge in [0.15, 0.2) is 0 Å². The van der Waals surface area contributed by atoms with Crippen molar-refractivity contribution in [2.75, 3.05) is 20.7 Å². The fourth-order valence-electron chi connectivity index (χ4n) is 4.47. The summed E-state index contributed by atoms with van der Waals surface area (Å²) in [6, 6.07) is 7.23. The minimum atomic E-state index is -0.980. The molecule has 0 saturated carbocycles. The van der Waals surface area contributed by atoms with Gasteiger partial charge in [0.05, 0.1) is 12.6 Å². The molecule has 1 rings (SSSR count). The lowest BCUT2D eigenvalue weighted by Crippen LogP contribution is -2.63. The molecule has 37 heavy (non-hydrogen) atoms. The van der Waals surface area contributed by atoms with Gasteiger partial charge in [-0.15, -0.1) is 0 Å². The van der Waals surface area contributed by atoms with Gasteiger partial charge in [0.1, 0.15) is 17.7 Å². The SMILES string of the molecule is CC(C)C(CO)N(C)C(=O)[C@@H](NC(=O)C(N(C)C(=O)OC(C)(C)C)C(C)(C)c1ccccc1)C(C)(C)C. The minimum Gasteiger partial charge on any atom is -0.444 e. The van der Waals surface area contributed by atoms with Gasteiger partial charge in [-0.1, -0.05) is 78.8 Å². The summed E-state index contributed by atoms with van der Waals surface area (Å²) in [5, 5.41) is 12.9. The van der Waals surface area contributed by atoms with Crippen LogP contribution in [0, 0.1) is 11.3 Å². The van der Waals surface area contributed by atoms with Gasteiger partial charge in [-0.3, -0.25) is 14.5 Å². The first-order chi connectivity index (χ1) is 16.8. The van der Waals surface area contributed by atoms with E-state index in [-0.39, 0.29) is 18.4 Å². The Balaban J connectivity index is 3.52. The second-order valence-electron chi connectivity index (χ2n) is 12.8. The van der Waals surface area contributed by atoms with Crippen LogP contribution in [-0.4, -0.2) is 77.2 Å². The number of carbonyl (C=O) groups is 3. The molecule has 0 aliphatic carbocycles. The first kappa shape index (κ1) is 32.4. The molecule has 0 radical (unpaired) electrons. The van der Waals surface area contributed by atoms with Crippen LogP contribution in [0.15, 0.2) is 30.3 Å². The predicted octanol–water partition coefficient (Wildman–Crippen LogP) is 4.21. The van der Waals surface area contributed by atoms with Crippen LogP contribution < -0.4 is 5.32 Å². The van der Waals surface area contributed by atoms with Gasteiger partial charge in [0, 0.05) is 19.5 Å². The van der Waals surface area contributed by atoms with Crippen LogP contribution in [0.3, 0.4) is 0 Å². The highest BCUT2D eigenvalue weighted by Gasteiger charge is 2.45. The number of hydrogen-bond donors (Lipinski definition) is 2. The Bertz CT molecular complexity index is 916. The maximum atomic E-state index is 14.1. The highest BCUT2D eigenvalue weighted by atomic mass is 16.6. The summed E-state index contributed by atoms with van der Waals surface area (Å²) in [4.78, 5) is 43.7. The second kappa shape index (κ2) is 12.3. The lowest BCUT2D eigenvalue weighted by atomic mass is 9.76. The van der Waals surface area contributed by atoms with Crippen LogP contribution in [-0.2, 0) is 19.7 Å². The first-order valence-electron chi connectivity index (χ1n) is 12.9. The summed E-state index contributed by atoms with van der Waals surface area (Å²) in [6.45, 7) is 18.4. The number of aliphatic hydroxyl groups excluding tert-OH is 1. The fourth-order valence-corrected chi connectivity index (χ4v) is 4.47. The van der Waals surface area contributed by atoms with Crippen molar-refractivity contribution in [3.05, 3.63) is 35.9 Å². The second-order valence-corrected chi connectivity index (χ2v) is 12.8. The van der Waals surface area contributed by atoms with E-state index in [4.69, 9.17) is 4.74 Å². The number of nitrogens with zero attached hydrogens (tertiary/aromatic N) is 2. The molecule has 210 valence electrons. The third kappa shape index (κ3) is 8.45. The van der Waals surface area contributed by atoms with Gasteiger partial charge < -0.3 is 20.1 Å². The molecule has 2 unspecified atom stereocenters. The lowest BCUT2D eigenvalue weighted by molar-refractivity contribution is -0.143. The fraction of sp³-hybridized carbons (Fsp3) is 0.690. The average molecular weight is 520 g/mol. The molecule has 1 aromatic rings. The highest BCUT2D eigenvalue weighted by Crippen LogP contribution is 2.32. The van der Waals surface area contributed by atoms with E-state index in [0.717, 1.165) is 5.56 Å². The molecular weight excluding hydrogens is 470 g/mol. The van der Waals surface area contributed by atoms with E-state index in [1.165, 1.54) is 9.80 Å². The maximum absolute atomic E-state index is 14.1. The molecule has 0 aromatic heterocycles. The van der Waals surface area contributed by atoms with E-state index in [2.05, 4.69) is 5.32 Å². The molecule has 0 heterocycles. The van der Waals surface area contributed by atoms with Crippen molar-refractivity contribution in [2.45, 2.75) is 98.4 Å². The van der Waals surface area contributed by atoms with Crippen molar-refractivity contribution < 1.29 is 24.2 Å². The Morgan fingerprint density at radius 1 is 0.919 bits per heavy atom. The van der Waals surface area contributed by atoms with E-state index >= 15 is 0 Å². The molecule has 0 saturated heterocycles. The number of likely N-dealkylation sites (N-methyl/N-ethyl adjacent to an activating group) is 2. The van der Waals surface area contributed by atoms with Crippen LogP contribution in [0.5, 0.6) is 0 Å². The molecule has 8 nitrogen and oxygen atoms in total. The van der Waals surface area contributed by atoms with Crippen molar-refractivity contribution in [1.29, 1.82) is 0 Å². The molecule has 0 fully saturated rings. The van der Waals surface area contributed by atoms with Gasteiger partial charge in [0.2, 0.25) is 11.8 Å². The number of carbonyl (C=O) groups excluding carboxylic acids is 3. The topological polar surface area (TPSA) is 99.2 Å². The summed E-state index contributed by atoms with van der Waals surface area (Å²) in [5.41, 5.74) is -1.34. The average Bonchev–Trinajstić information content (AvgIpc) is 2.75. The Labute approximate surface area is 223 Å². The van der Waals surface area contributed by atoms with Gasteiger partial charge in [-0.25, -0.2) is 4.79 Å². The Morgan fingerprint density at radius 2 is 1.43 bits per heavy atom. The molecular formula is C29H49N3O5. The Kier molecular flexibility index (Phi) is 10.8. The molecule has 3 amide bonds. The molecule has 0 aliphatic heterocycles. The van der Waals surface area contributed by atoms with E-state index < -0.39 is 46.6 Å². The van der Waals surface area contributed by atoms with Crippen LogP contribution in [0.25, 0.3) is 0 Å². The van der Waals surface area contributed by atoms with Crippen LogP contribution in [0.2, 0.25) is 0 Å². The maximum Gasteiger partial charge on any atom is 0.410 e. The number of amides is 3. The minimum absolute atomic E-state index is 0.0262. The monoisotopic (exact) mass is 519 g/mol. The van der Waals surface area contributed by atoms with Gasteiger partial charge >= 0.3 is 6.09 Å². The van der Waals surface area contributed by atoms with Crippen molar-refractivity contribution in [2.24, 2.45) is 11.3 Å². The van der Waals surface area contributed by atoms with Gasteiger partial charge in [-0.2, -0.15) is 0 Å². The van der Waals surface area contributed by atoms with Gasteiger partial charge in [-0.05, 0) is 37.7 Å². The Morgan fingerprint density at radius 3 is 1.84 bits per heavy atom. The zero-order chi connectivity index (χ0) is 28.9. The van der Waals surface area contributed by atoms with E-state index in [0.29, 0.717) is 0 Å². The third-order valence-electron chi connectivity index (χ3n) is 6.72. The van der Waals surface area contributed by atoms with Gasteiger partial charge in [0.25, 0.3) is 0 Å². The highest BCUT2D eigenvalue weighted by molar-refractivity contribution is 5.93. The van der Waals surface area contributed by atoms with Crippen molar-refractivity contribution in [1.82, 2.24) is 15.1 Å². The molecule has 2 N–H and O–H groups in total. The molecule has 3 atom stereocenters. The van der Waals surface area contributed by atoms with E-state index in [9.17, 15) is 19.5 Å². The summed E-state index contributed by atoms with van der Waals surface area (Å²) in [7, 11) is 3.19. The molecule has 0 aliphatic rings. The van der Waals surface area contributed by atoms with Crippen LogP contribution in [0.1, 0.15) is 74.8 Å². The number of benzene rings is 1. The number of ether oxygens (including phenoxy) is 1. The zero-order valence-corrected chi connectivity index (χ0v) is 24.9. The zero-order valence-electron chi connectivity index (χ0n) is 24.9. The van der Waals surface area contributed by atoms with Crippen LogP contribution in [0.4, 0.5) is 4.79 Å². The predicted molar refractivity (Wildman–Crippen MR) is 147 cm³/mol. The van der Waals surface area contributed by atoms with Crippen molar-refractivity contribution >= 4 is 17.9 Å². The smallest absolute Gasteiger partial charge is 0.410 e. The van der Waals surface area contributed by atoms with Crippen molar-refractivity contribution in [3.8, 4) is 0 Å². The quantitative estimate of drug-likeness (QED) is 0.509. The largest absolute Gasteiger partial charge is 0.444 e. The van der Waals surface area contributed by atoms with E-state index in [1.54, 1.807) is 34.9 Å².